The average Bonchev–Trinajstić information content (AvgIpc) is 3.01. The maximum atomic E-state index is 12.7. The van der Waals surface area contributed by atoms with Crippen LogP contribution in [0.5, 0.6) is 0 Å². The van der Waals surface area contributed by atoms with Crippen molar-refractivity contribution in [2.45, 2.75) is 76.2 Å². The highest BCUT2D eigenvalue weighted by Gasteiger charge is 2.34. The van der Waals surface area contributed by atoms with E-state index in [0.717, 1.165) is 29.0 Å². The molecule has 0 bridgehead atoms. The van der Waals surface area contributed by atoms with Gasteiger partial charge in [0, 0.05) is 23.6 Å². The monoisotopic (exact) mass is 595 g/mol. The summed E-state index contributed by atoms with van der Waals surface area (Å²) in [6.07, 6.45) is 11.9. The second-order valence-corrected chi connectivity index (χ2v) is 11.5. The Bertz CT molecular complexity index is 1400. The van der Waals surface area contributed by atoms with Gasteiger partial charge in [-0.2, -0.15) is 10.2 Å². The summed E-state index contributed by atoms with van der Waals surface area (Å²) in [6, 6.07) is 8.88. The van der Waals surface area contributed by atoms with Crippen LogP contribution in [0.25, 0.3) is 16.7 Å². The highest BCUT2D eigenvalue weighted by atomic mass is 19.4. The number of benzene rings is 1. The Morgan fingerprint density at radius 2 is 1.74 bits per heavy atom. The number of hydrogen-bond acceptors (Lipinski definition) is 5. The van der Waals surface area contributed by atoms with E-state index in [0.29, 0.717) is 29.3 Å². The van der Waals surface area contributed by atoms with Crippen LogP contribution in [0.4, 0.5) is 13.2 Å². The van der Waals surface area contributed by atoms with E-state index >= 15 is 0 Å². The lowest BCUT2D eigenvalue weighted by Crippen LogP contribution is -2.25. The molecule has 1 heterocycles. The van der Waals surface area contributed by atoms with Crippen LogP contribution in [0.2, 0.25) is 0 Å². The summed E-state index contributed by atoms with van der Waals surface area (Å²) < 4.78 is 42.4. The fourth-order valence-corrected chi connectivity index (χ4v) is 6.26. The maximum Gasteiger partial charge on any atom is 0.523 e. The molecule has 3 unspecified atom stereocenters. The van der Waals surface area contributed by atoms with Crippen LogP contribution in [-0.4, -0.2) is 46.2 Å². The number of aromatic nitrogens is 2. The predicted octanol–water partition coefficient (Wildman–Crippen LogP) is 7.23. The molecule has 3 aliphatic carbocycles. The number of nitrogens with one attached hydrogen (secondary N) is 1. The number of ether oxygens (including phenoxy) is 1. The molecule has 228 valence electrons. The summed E-state index contributed by atoms with van der Waals surface area (Å²) in [6.45, 7) is 0.0228. The standard InChI is InChI=1S/C33H36F3N3O4/c34-33(35,36)43-27-16-14-25(15-17-27)31-28(23-8-12-26(13-9-23)32(42)37-19-18-30(40)41)20-29(38-39-31)24-10-6-22(7-11-24)21-4-2-1-3-5-21/h6,8-14,16,20-22,25,27H,1-5,7,15,17-19H2,(H,37,42)(H,40,41). The molecule has 5 rings (SSSR count). The van der Waals surface area contributed by atoms with Crippen molar-refractivity contribution in [2.75, 3.05) is 6.54 Å². The van der Waals surface area contributed by atoms with E-state index in [2.05, 4.69) is 38.5 Å². The van der Waals surface area contributed by atoms with E-state index in [1.807, 2.05) is 6.07 Å². The first-order valence-corrected chi connectivity index (χ1v) is 15.0. The number of amides is 1. The Morgan fingerprint density at radius 3 is 2.37 bits per heavy atom. The van der Waals surface area contributed by atoms with Crippen molar-refractivity contribution in [3.8, 4) is 11.1 Å². The zero-order chi connectivity index (χ0) is 30.4. The van der Waals surface area contributed by atoms with Gasteiger partial charge in [0.05, 0.1) is 23.9 Å². The number of alkyl halides is 3. The third kappa shape index (κ3) is 8.19. The van der Waals surface area contributed by atoms with Crippen molar-refractivity contribution < 1.29 is 32.6 Å². The van der Waals surface area contributed by atoms with Crippen molar-refractivity contribution in [2.24, 2.45) is 11.8 Å². The molecule has 1 aromatic heterocycles. The Labute approximate surface area is 248 Å². The van der Waals surface area contributed by atoms with Gasteiger partial charge in [0.2, 0.25) is 0 Å². The molecular weight excluding hydrogens is 559 g/mol. The van der Waals surface area contributed by atoms with Gasteiger partial charge in [0.1, 0.15) is 0 Å². The van der Waals surface area contributed by atoms with Crippen LogP contribution in [0, 0.1) is 11.8 Å². The molecule has 0 aliphatic heterocycles. The number of nitrogens with zero attached hydrogens (tertiary/aromatic N) is 2. The first kappa shape index (κ1) is 30.7. The molecule has 0 saturated heterocycles. The number of carbonyl (C=O) groups is 2. The minimum Gasteiger partial charge on any atom is -0.481 e. The number of allylic oxidation sites excluding steroid dienone is 5. The van der Waals surface area contributed by atoms with Gasteiger partial charge in [-0.05, 0) is 73.3 Å². The van der Waals surface area contributed by atoms with Gasteiger partial charge in [-0.1, -0.05) is 61.8 Å². The molecule has 0 spiro atoms. The molecule has 1 amide bonds. The van der Waals surface area contributed by atoms with Gasteiger partial charge in [0.25, 0.3) is 5.91 Å². The number of carbonyl (C=O) groups excluding carboxylic acids is 1. The molecule has 7 nitrogen and oxygen atoms in total. The fourth-order valence-electron chi connectivity index (χ4n) is 6.26. The van der Waals surface area contributed by atoms with Crippen molar-refractivity contribution in [3.63, 3.8) is 0 Å². The lowest BCUT2D eigenvalue weighted by molar-refractivity contribution is -0.337. The summed E-state index contributed by atoms with van der Waals surface area (Å²) in [4.78, 5) is 23.2. The predicted molar refractivity (Wildman–Crippen MR) is 156 cm³/mol. The van der Waals surface area contributed by atoms with E-state index in [1.54, 1.807) is 30.3 Å². The highest BCUT2D eigenvalue weighted by molar-refractivity contribution is 5.95. The maximum absolute atomic E-state index is 12.7. The minimum atomic E-state index is -4.70. The molecule has 3 atom stereocenters. The first-order chi connectivity index (χ1) is 20.7. The largest absolute Gasteiger partial charge is 0.523 e. The molecule has 2 N–H and O–H groups in total. The van der Waals surface area contributed by atoms with E-state index in [1.165, 1.54) is 38.2 Å². The van der Waals surface area contributed by atoms with E-state index in [4.69, 9.17) is 5.11 Å². The smallest absolute Gasteiger partial charge is 0.481 e. The van der Waals surface area contributed by atoms with E-state index in [-0.39, 0.29) is 31.2 Å². The highest BCUT2D eigenvalue weighted by Crippen LogP contribution is 2.39. The molecule has 3 aliphatic rings. The Balaban J connectivity index is 1.39. The number of carboxylic acid groups (broad SMARTS) is 1. The van der Waals surface area contributed by atoms with Gasteiger partial charge < -0.3 is 10.4 Å². The fraction of sp³-hybridized carbons (Fsp3) is 0.455. The summed E-state index contributed by atoms with van der Waals surface area (Å²) in [5.41, 5.74) is 4.30. The van der Waals surface area contributed by atoms with Crippen LogP contribution >= 0.6 is 0 Å². The van der Waals surface area contributed by atoms with E-state index in [9.17, 15) is 22.8 Å². The normalized spacial score (nSPS) is 22.7. The molecule has 1 aromatic carbocycles. The zero-order valence-electron chi connectivity index (χ0n) is 23.9. The Kier molecular flexibility index (Phi) is 9.75. The molecule has 10 heteroatoms. The third-order valence-electron chi connectivity index (χ3n) is 8.55. The zero-order valence-corrected chi connectivity index (χ0v) is 23.9. The van der Waals surface area contributed by atoms with Crippen molar-refractivity contribution >= 4 is 17.4 Å². The Hall–Kier alpha value is -3.79. The number of aliphatic carboxylic acids is 1. The van der Waals surface area contributed by atoms with Gasteiger partial charge in [-0.3, -0.25) is 14.3 Å². The molecular formula is C33H36F3N3O4. The van der Waals surface area contributed by atoms with Crippen LogP contribution in [-0.2, 0) is 9.53 Å². The number of carboxylic acids is 1. The SMILES string of the molecule is O=C(O)CCNC(=O)c1ccc(-c2cc(C3=CCC(C4CCCCC4)C=C3)nnc2C2C=CC(OC(F)(F)F)CC2)cc1. The van der Waals surface area contributed by atoms with Crippen molar-refractivity contribution in [1.29, 1.82) is 0 Å². The van der Waals surface area contributed by atoms with Crippen molar-refractivity contribution in [3.05, 3.63) is 77.7 Å². The summed E-state index contributed by atoms with van der Waals surface area (Å²) in [7, 11) is 0. The summed E-state index contributed by atoms with van der Waals surface area (Å²) in [5.74, 6) is -0.378. The lowest BCUT2D eigenvalue weighted by Gasteiger charge is -2.29. The van der Waals surface area contributed by atoms with Gasteiger partial charge >= 0.3 is 12.3 Å². The van der Waals surface area contributed by atoms with Gasteiger partial charge in [-0.25, -0.2) is 0 Å². The van der Waals surface area contributed by atoms with Gasteiger partial charge in [-0.15, -0.1) is 13.2 Å². The average molecular weight is 596 g/mol. The summed E-state index contributed by atoms with van der Waals surface area (Å²) in [5, 5.41) is 20.6. The number of hydrogen-bond donors (Lipinski definition) is 2. The van der Waals surface area contributed by atoms with Crippen LogP contribution in [0.3, 0.4) is 0 Å². The Morgan fingerprint density at radius 1 is 0.977 bits per heavy atom. The third-order valence-corrected chi connectivity index (χ3v) is 8.55. The first-order valence-electron chi connectivity index (χ1n) is 15.0. The number of rotatable bonds is 9. The summed E-state index contributed by atoms with van der Waals surface area (Å²) >= 11 is 0. The van der Waals surface area contributed by atoms with Crippen LogP contribution in [0.1, 0.15) is 85.5 Å². The number of halogens is 3. The molecule has 0 radical (unpaired) electrons. The molecule has 1 saturated carbocycles. The van der Waals surface area contributed by atoms with Crippen molar-refractivity contribution in [1.82, 2.24) is 15.5 Å². The van der Waals surface area contributed by atoms with Gasteiger partial charge in [0.15, 0.2) is 0 Å². The lowest BCUT2D eigenvalue weighted by atomic mass is 9.76. The molecule has 43 heavy (non-hydrogen) atoms. The quantitative estimate of drug-likeness (QED) is 0.297. The van der Waals surface area contributed by atoms with Crippen LogP contribution in [0.15, 0.2) is 60.7 Å². The van der Waals surface area contributed by atoms with E-state index < -0.39 is 18.4 Å². The van der Waals surface area contributed by atoms with Crippen LogP contribution < -0.4 is 5.32 Å². The second kappa shape index (κ2) is 13.7. The molecule has 2 aromatic rings. The minimum absolute atomic E-state index is 0.0228. The molecule has 1 fully saturated rings. The topological polar surface area (TPSA) is 101 Å². The second-order valence-electron chi connectivity index (χ2n) is 11.5.